The molecule has 0 unspecified atom stereocenters. The molecule has 1 saturated carbocycles. The second kappa shape index (κ2) is 9.16. The number of carbonyl (C=O) groups excluding carboxylic acids is 2. The van der Waals surface area contributed by atoms with Crippen molar-refractivity contribution in [3.05, 3.63) is 24.3 Å². The zero-order valence-electron chi connectivity index (χ0n) is 18.6. The van der Waals surface area contributed by atoms with E-state index in [-0.39, 0.29) is 29.8 Å². The molecule has 1 aromatic rings. The maximum atomic E-state index is 12.7. The summed E-state index contributed by atoms with van der Waals surface area (Å²) in [6.45, 7) is 5.83. The summed E-state index contributed by atoms with van der Waals surface area (Å²) < 4.78 is 26.6. The van der Waals surface area contributed by atoms with Crippen molar-refractivity contribution in [1.29, 1.82) is 0 Å². The van der Waals surface area contributed by atoms with Gasteiger partial charge in [-0.25, -0.2) is 13.1 Å². The van der Waals surface area contributed by atoms with Crippen LogP contribution in [0.2, 0.25) is 0 Å². The van der Waals surface area contributed by atoms with E-state index in [1.54, 1.807) is 20.8 Å². The molecule has 0 bridgehead atoms. The van der Waals surface area contributed by atoms with Crippen molar-refractivity contribution in [3.8, 4) is 0 Å². The molecule has 0 aromatic heterocycles. The molecule has 1 saturated heterocycles. The van der Waals surface area contributed by atoms with Gasteiger partial charge in [-0.2, -0.15) is 0 Å². The number of benzene rings is 1. The molecule has 3 rings (SSSR count). The Morgan fingerprint density at radius 3 is 2.19 bits per heavy atom. The average Bonchev–Trinajstić information content (AvgIpc) is 3.18. The molecule has 172 valence electrons. The van der Waals surface area contributed by atoms with Gasteiger partial charge in [0.2, 0.25) is 21.8 Å². The summed E-state index contributed by atoms with van der Waals surface area (Å²) >= 11 is 0. The summed E-state index contributed by atoms with van der Waals surface area (Å²) in [5.74, 6) is -0.482. The van der Waals surface area contributed by atoms with Crippen molar-refractivity contribution in [2.45, 2.75) is 76.1 Å². The Labute approximate surface area is 185 Å². The minimum absolute atomic E-state index is 0.0407. The molecule has 9 heteroatoms. The quantitative estimate of drug-likeness (QED) is 0.614. The summed E-state index contributed by atoms with van der Waals surface area (Å²) in [4.78, 5) is 26.3. The Hall–Kier alpha value is -2.13. The van der Waals surface area contributed by atoms with Gasteiger partial charge in [-0.1, -0.05) is 0 Å². The van der Waals surface area contributed by atoms with Crippen LogP contribution in [-0.2, 0) is 19.6 Å². The molecule has 4 N–H and O–H groups in total. The Morgan fingerprint density at radius 2 is 1.65 bits per heavy atom. The topological polar surface area (TPSA) is 122 Å². The van der Waals surface area contributed by atoms with Crippen LogP contribution < -0.4 is 20.7 Å². The third-order valence-electron chi connectivity index (χ3n) is 6.27. The lowest BCUT2D eigenvalue weighted by Gasteiger charge is -2.30. The van der Waals surface area contributed by atoms with Crippen LogP contribution in [0.15, 0.2) is 24.3 Å². The molecule has 2 amide bonds. The van der Waals surface area contributed by atoms with Gasteiger partial charge in [0.05, 0.1) is 4.75 Å². The minimum Gasteiger partial charge on any atom is -0.368 e. The highest BCUT2D eigenvalue weighted by molar-refractivity contribution is 7.90. The minimum atomic E-state index is -3.39. The van der Waals surface area contributed by atoms with Crippen LogP contribution in [0.5, 0.6) is 0 Å². The van der Waals surface area contributed by atoms with Crippen LogP contribution in [0.1, 0.15) is 59.3 Å². The number of nitrogens with one attached hydrogen (secondary N) is 2. The Kier molecular flexibility index (Phi) is 6.95. The SMILES string of the molecule is CC(C)(C)S(=O)(=O)NC1CCC(C(=O)Nc2ccc(N3CCC[C@H]3C(N)=O)cc2)CC1. The Bertz CT molecular complexity index is 900. The van der Waals surface area contributed by atoms with E-state index < -0.39 is 14.8 Å². The summed E-state index contributed by atoms with van der Waals surface area (Å²) in [6, 6.07) is 7.08. The van der Waals surface area contributed by atoms with Crippen molar-refractivity contribution in [3.63, 3.8) is 0 Å². The fourth-order valence-corrected chi connectivity index (χ4v) is 5.25. The molecule has 1 aromatic carbocycles. The monoisotopic (exact) mass is 450 g/mol. The van der Waals surface area contributed by atoms with E-state index in [1.807, 2.05) is 29.2 Å². The van der Waals surface area contributed by atoms with E-state index in [2.05, 4.69) is 10.0 Å². The van der Waals surface area contributed by atoms with Gasteiger partial charge in [0, 0.05) is 29.9 Å². The number of nitrogens with two attached hydrogens (primary N) is 1. The van der Waals surface area contributed by atoms with Crippen molar-refractivity contribution >= 4 is 33.2 Å². The molecule has 0 spiro atoms. The number of sulfonamides is 1. The lowest BCUT2D eigenvalue weighted by Crippen LogP contribution is -2.46. The molecule has 31 heavy (non-hydrogen) atoms. The van der Waals surface area contributed by atoms with Gasteiger partial charge in [0.1, 0.15) is 6.04 Å². The Morgan fingerprint density at radius 1 is 1.03 bits per heavy atom. The zero-order valence-corrected chi connectivity index (χ0v) is 19.4. The predicted octanol–water partition coefficient (Wildman–Crippen LogP) is 2.36. The van der Waals surface area contributed by atoms with Crippen molar-refractivity contribution in [2.24, 2.45) is 11.7 Å². The lowest BCUT2D eigenvalue weighted by atomic mass is 9.86. The number of primary amides is 1. The van der Waals surface area contributed by atoms with Crippen LogP contribution >= 0.6 is 0 Å². The van der Waals surface area contributed by atoms with E-state index in [0.717, 1.165) is 25.1 Å². The second-order valence-electron chi connectivity index (χ2n) is 9.57. The molecule has 0 radical (unpaired) electrons. The first-order valence-electron chi connectivity index (χ1n) is 11.0. The normalized spacial score (nSPS) is 24.7. The van der Waals surface area contributed by atoms with Crippen LogP contribution in [0.3, 0.4) is 0 Å². The molecular formula is C22H34N4O4S. The second-order valence-corrected chi connectivity index (χ2v) is 12.0. The number of carbonyl (C=O) groups is 2. The summed E-state index contributed by atoms with van der Waals surface area (Å²) in [5, 5.41) is 2.96. The molecule has 8 nitrogen and oxygen atoms in total. The molecule has 1 aliphatic heterocycles. The fourth-order valence-electron chi connectivity index (χ4n) is 4.22. The smallest absolute Gasteiger partial charge is 0.240 e. The van der Waals surface area contributed by atoms with Crippen LogP contribution in [0, 0.1) is 5.92 Å². The maximum absolute atomic E-state index is 12.7. The Balaban J connectivity index is 1.52. The summed E-state index contributed by atoms with van der Waals surface area (Å²) in [6.07, 6.45) is 4.29. The number of rotatable bonds is 6. The van der Waals surface area contributed by atoms with E-state index >= 15 is 0 Å². The number of amides is 2. The number of anilines is 2. The van der Waals surface area contributed by atoms with E-state index in [9.17, 15) is 18.0 Å². The van der Waals surface area contributed by atoms with Gasteiger partial charge in [0.15, 0.2) is 0 Å². The van der Waals surface area contributed by atoms with Gasteiger partial charge >= 0.3 is 0 Å². The number of nitrogens with zero attached hydrogens (tertiary/aromatic N) is 1. The first kappa shape index (κ1) is 23.5. The highest BCUT2D eigenvalue weighted by atomic mass is 32.2. The van der Waals surface area contributed by atoms with Gasteiger partial charge in [0.25, 0.3) is 0 Å². The summed E-state index contributed by atoms with van der Waals surface area (Å²) in [7, 11) is -3.39. The van der Waals surface area contributed by atoms with Crippen molar-refractivity contribution < 1.29 is 18.0 Å². The average molecular weight is 451 g/mol. The third-order valence-corrected chi connectivity index (χ3v) is 8.53. The zero-order chi connectivity index (χ0) is 22.8. The predicted molar refractivity (Wildman–Crippen MR) is 122 cm³/mol. The van der Waals surface area contributed by atoms with Gasteiger partial charge < -0.3 is 16.0 Å². The van der Waals surface area contributed by atoms with Crippen LogP contribution in [-0.4, -0.2) is 43.6 Å². The highest BCUT2D eigenvalue weighted by Gasteiger charge is 2.34. The third kappa shape index (κ3) is 5.57. The first-order chi connectivity index (χ1) is 14.5. The molecule has 1 aliphatic carbocycles. The first-order valence-corrected chi connectivity index (χ1v) is 12.4. The van der Waals surface area contributed by atoms with E-state index in [0.29, 0.717) is 31.4 Å². The standard InChI is InChI=1S/C22H34N4O4S/c1-22(2,3)31(29,30)25-17-8-6-15(7-9-17)21(28)24-16-10-12-18(13-11-16)26-14-4-5-19(26)20(23)27/h10-13,15,17,19,25H,4-9,14H2,1-3H3,(H2,23,27)(H,24,28)/t15?,17?,19-/m0/s1. The van der Waals surface area contributed by atoms with Crippen LogP contribution in [0.4, 0.5) is 11.4 Å². The molecular weight excluding hydrogens is 416 g/mol. The molecule has 1 atom stereocenters. The fraction of sp³-hybridized carbons (Fsp3) is 0.636. The molecule has 2 aliphatic rings. The molecule has 2 fully saturated rings. The van der Waals surface area contributed by atoms with E-state index in [1.165, 1.54) is 0 Å². The number of hydrogen-bond acceptors (Lipinski definition) is 5. The largest absolute Gasteiger partial charge is 0.368 e. The van der Waals surface area contributed by atoms with E-state index in [4.69, 9.17) is 5.73 Å². The number of hydrogen-bond donors (Lipinski definition) is 3. The lowest BCUT2D eigenvalue weighted by molar-refractivity contribution is -0.121. The van der Waals surface area contributed by atoms with Crippen molar-refractivity contribution in [2.75, 3.05) is 16.8 Å². The highest BCUT2D eigenvalue weighted by Crippen LogP contribution is 2.29. The van der Waals surface area contributed by atoms with Crippen molar-refractivity contribution in [1.82, 2.24) is 4.72 Å². The summed E-state index contributed by atoms with van der Waals surface area (Å²) in [5.41, 5.74) is 7.12. The van der Waals surface area contributed by atoms with Gasteiger partial charge in [-0.05, 0) is 83.6 Å². The maximum Gasteiger partial charge on any atom is 0.240 e. The van der Waals surface area contributed by atoms with Crippen LogP contribution in [0.25, 0.3) is 0 Å². The molecule has 1 heterocycles. The van der Waals surface area contributed by atoms with Gasteiger partial charge in [-0.15, -0.1) is 0 Å². The van der Waals surface area contributed by atoms with Gasteiger partial charge in [-0.3, -0.25) is 9.59 Å².